The molecule has 0 amide bonds. The van der Waals surface area contributed by atoms with E-state index >= 15 is 0 Å². The summed E-state index contributed by atoms with van der Waals surface area (Å²) in [5.41, 5.74) is 0. The molecule has 2 atom stereocenters. The SMILES string of the molecule is CN(CCOc1ccc(Cl)cc1Br)C1COCC1C(=O)O. The van der Waals surface area contributed by atoms with Crippen molar-refractivity contribution in [2.75, 3.05) is 33.4 Å². The molecule has 0 spiro atoms. The number of carboxylic acids is 1. The van der Waals surface area contributed by atoms with Crippen LogP contribution in [0.5, 0.6) is 5.75 Å². The Bertz CT molecular complexity index is 514. The number of benzene rings is 1. The maximum atomic E-state index is 11.1. The largest absolute Gasteiger partial charge is 0.491 e. The van der Waals surface area contributed by atoms with E-state index in [-0.39, 0.29) is 12.6 Å². The van der Waals surface area contributed by atoms with Crippen LogP contribution in [0.15, 0.2) is 22.7 Å². The Morgan fingerprint density at radius 3 is 3.00 bits per heavy atom. The zero-order valence-corrected chi connectivity index (χ0v) is 13.9. The predicted octanol–water partition coefficient (Wildman–Crippen LogP) is 2.51. The van der Waals surface area contributed by atoms with Crippen LogP contribution in [0.25, 0.3) is 0 Å². The molecular weight excluding hydrogens is 362 g/mol. The Labute approximate surface area is 136 Å². The molecule has 0 bridgehead atoms. The molecule has 1 aliphatic heterocycles. The van der Waals surface area contributed by atoms with Gasteiger partial charge in [-0.2, -0.15) is 0 Å². The van der Waals surface area contributed by atoms with Gasteiger partial charge in [0.15, 0.2) is 0 Å². The van der Waals surface area contributed by atoms with Crippen LogP contribution in [-0.4, -0.2) is 55.4 Å². The molecule has 1 fully saturated rings. The van der Waals surface area contributed by atoms with Gasteiger partial charge in [-0.1, -0.05) is 11.6 Å². The number of hydrogen-bond donors (Lipinski definition) is 1. The second-order valence-electron chi connectivity index (χ2n) is 4.95. The van der Waals surface area contributed by atoms with Crippen molar-refractivity contribution in [2.24, 2.45) is 5.92 Å². The number of ether oxygens (including phenoxy) is 2. The molecule has 1 aromatic rings. The van der Waals surface area contributed by atoms with E-state index in [2.05, 4.69) is 15.9 Å². The van der Waals surface area contributed by atoms with Crippen molar-refractivity contribution in [1.82, 2.24) is 4.90 Å². The summed E-state index contributed by atoms with van der Waals surface area (Å²) in [7, 11) is 1.88. The maximum absolute atomic E-state index is 11.1. The van der Waals surface area contributed by atoms with Gasteiger partial charge in [-0.05, 0) is 41.2 Å². The summed E-state index contributed by atoms with van der Waals surface area (Å²) in [6, 6.07) is 5.22. The van der Waals surface area contributed by atoms with Gasteiger partial charge in [-0.15, -0.1) is 0 Å². The molecule has 0 radical (unpaired) electrons. The molecule has 1 aliphatic rings. The summed E-state index contributed by atoms with van der Waals surface area (Å²) < 4.78 is 11.7. The van der Waals surface area contributed by atoms with Crippen molar-refractivity contribution in [2.45, 2.75) is 6.04 Å². The third-order valence-electron chi connectivity index (χ3n) is 3.53. The van der Waals surface area contributed by atoms with Crippen LogP contribution in [0.2, 0.25) is 5.02 Å². The molecule has 2 rings (SSSR count). The van der Waals surface area contributed by atoms with Crippen molar-refractivity contribution in [3.8, 4) is 5.75 Å². The molecular formula is C14H17BrClNO4. The lowest BCUT2D eigenvalue weighted by molar-refractivity contribution is -0.143. The summed E-state index contributed by atoms with van der Waals surface area (Å²) in [5.74, 6) is -0.576. The van der Waals surface area contributed by atoms with Crippen LogP contribution >= 0.6 is 27.5 Å². The van der Waals surface area contributed by atoms with E-state index in [0.717, 1.165) is 4.47 Å². The van der Waals surface area contributed by atoms with E-state index in [4.69, 9.17) is 26.2 Å². The second-order valence-corrected chi connectivity index (χ2v) is 6.24. The first kappa shape index (κ1) is 16.5. The zero-order chi connectivity index (χ0) is 15.4. The monoisotopic (exact) mass is 377 g/mol. The summed E-state index contributed by atoms with van der Waals surface area (Å²) >= 11 is 9.26. The number of rotatable bonds is 6. The standard InChI is InChI=1S/C14H17BrClNO4/c1-17(12-8-20-7-10(12)14(18)19)4-5-21-13-3-2-9(16)6-11(13)15/h2-3,6,10,12H,4-5,7-8H2,1H3,(H,18,19). The summed E-state index contributed by atoms with van der Waals surface area (Å²) in [5, 5.41) is 9.78. The third kappa shape index (κ3) is 4.32. The molecule has 7 heteroatoms. The Balaban J connectivity index is 1.84. The number of aliphatic carboxylic acids is 1. The minimum atomic E-state index is -0.814. The fourth-order valence-corrected chi connectivity index (χ4v) is 3.07. The van der Waals surface area contributed by atoms with Gasteiger partial charge in [0.05, 0.1) is 23.6 Å². The van der Waals surface area contributed by atoms with E-state index in [1.165, 1.54) is 0 Å². The molecule has 0 aliphatic carbocycles. The van der Waals surface area contributed by atoms with Crippen molar-refractivity contribution < 1.29 is 19.4 Å². The first-order valence-electron chi connectivity index (χ1n) is 6.57. The van der Waals surface area contributed by atoms with Gasteiger partial charge in [0.2, 0.25) is 0 Å². The normalized spacial score (nSPS) is 21.7. The fraction of sp³-hybridized carbons (Fsp3) is 0.500. The van der Waals surface area contributed by atoms with Crippen LogP contribution in [-0.2, 0) is 9.53 Å². The summed E-state index contributed by atoms with van der Waals surface area (Å²) in [4.78, 5) is 13.1. The Hall–Kier alpha value is -0.820. The molecule has 0 aromatic heterocycles. The van der Waals surface area contributed by atoms with E-state index in [0.29, 0.717) is 30.5 Å². The first-order valence-corrected chi connectivity index (χ1v) is 7.74. The molecule has 21 heavy (non-hydrogen) atoms. The third-order valence-corrected chi connectivity index (χ3v) is 4.38. The van der Waals surface area contributed by atoms with Gasteiger partial charge in [0.1, 0.15) is 12.4 Å². The van der Waals surface area contributed by atoms with Crippen LogP contribution in [0, 0.1) is 5.92 Å². The lowest BCUT2D eigenvalue weighted by Gasteiger charge is -2.26. The zero-order valence-electron chi connectivity index (χ0n) is 11.6. The Morgan fingerprint density at radius 2 is 2.33 bits per heavy atom. The predicted molar refractivity (Wildman–Crippen MR) is 83.0 cm³/mol. The molecule has 0 saturated carbocycles. The molecule has 1 heterocycles. The van der Waals surface area contributed by atoms with Gasteiger partial charge < -0.3 is 14.6 Å². The number of likely N-dealkylation sites (N-methyl/N-ethyl adjacent to an activating group) is 1. The topological polar surface area (TPSA) is 59.0 Å². The number of hydrogen-bond acceptors (Lipinski definition) is 4. The van der Waals surface area contributed by atoms with Crippen molar-refractivity contribution in [3.05, 3.63) is 27.7 Å². The summed E-state index contributed by atoms with van der Waals surface area (Å²) in [6.07, 6.45) is 0. The maximum Gasteiger partial charge on any atom is 0.310 e. The molecule has 1 N–H and O–H groups in total. The minimum absolute atomic E-state index is 0.111. The molecule has 1 saturated heterocycles. The lowest BCUT2D eigenvalue weighted by atomic mass is 10.0. The number of carbonyl (C=O) groups is 1. The Morgan fingerprint density at radius 1 is 1.57 bits per heavy atom. The van der Waals surface area contributed by atoms with E-state index in [9.17, 15) is 4.79 Å². The van der Waals surface area contributed by atoms with E-state index in [1.54, 1.807) is 18.2 Å². The highest BCUT2D eigenvalue weighted by Crippen LogP contribution is 2.28. The summed E-state index contributed by atoms with van der Waals surface area (Å²) in [6.45, 7) is 1.79. The molecule has 5 nitrogen and oxygen atoms in total. The van der Waals surface area contributed by atoms with Gasteiger partial charge >= 0.3 is 5.97 Å². The van der Waals surface area contributed by atoms with Gasteiger partial charge in [-0.25, -0.2) is 0 Å². The smallest absolute Gasteiger partial charge is 0.310 e. The van der Waals surface area contributed by atoms with Crippen molar-refractivity contribution in [3.63, 3.8) is 0 Å². The average Bonchev–Trinajstić information content (AvgIpc) is 2.90. The number of halogens is 2. The highest BCUT2D eigenvalue weighted by Gasteiger charge is 2.36. The second kappa shape index (κ2) is 7.45. The van der Waals surface area contributed by atoms with Crippen LogP contribution < -0.4 is 4.74 Å². The van der Waals surface area contributed by atoms with Crippen LogP contribution in [0.1, 0.15) is 0 Å². The number of nitrogens with zero attached hydrogens (tertiary/aromatic N) is 1. The van der Waals surface area contributed by atoms with Crippen LogP contribution in [0.3, 0.4) is 0 Å². The highest BCUT2D eigenvalue weighted by atomic mass is 79.9. The van der Waals surface area contributed by atoms with Crippen molar-refractivity contribution in [1.29, 1.82) is 0 Å². The van der Waals surface area contributed by atoms with Gasteiger partial charge in [0, 0.05) is 17.6 Å². The Kier molecular flexibility index (Phi) is 5.87. The lowest BCUT2D eigenvalue weighted by Crippen LogP contribution is -2.42. The molecule has 1 aromatic carbocycles. The van der Waals surface area contributed by atoms with Gasteiger partial charge in [0.25, 0.3) is 0 Å². The molecule has 2 unspecified atom stereocenters. The quantitative estimate of drug-likeness (QED) is 0.824. The highest BCUT2D eigenvalue weighted by molar-refractivity contribution is 9.10. The number of carboxylic acid groups (broad SMARTS) is 1. The fourth-order valence-electron chi connectivity index (χ4n) is 2.27. The first-order chi connectivity index (χ1) is 9.99. The van der Waals surface area contributed by atoms with Crippen molar-refractivity contribution >= 4 is 33.5 Å². The average molecular weight is 379 g/mol. The minimum Gasteiger partial charge on any atom is -0.491 e. The van der Waals surface area contributed by atoms with E-state index < -0.39 is 11.9 Å². The molecule has 116 valence electrons. The van der Waals surface area contributed by atoms with E-state index in [1.807, 2.05) is 11.9 Å². The van der Waals surface area contributed by atoms with Crippen LogP contribution in [0.4, 0.5) is 0 Å². The van der Waals surface area contributed by atoms with Gasteiger partial charge in [-0.3, -0.25) is 9.69 Å².